The summed E-state index contributed by atoms with van der Waals surface area (Å²) < 4.78 is 7.68. The maximum Gasteiger partial charge on any atom is 0.234 e. The van der Waals surface area contributed by atoms with E-state index in [0.717, 1.165) is 28.9 Å². The van der Waals surface area contributed by atoms with Gasteiger partial charge in [0.05, 0.1) is 5.75 Å². The maximum atomic E-state index is 12.1. The van der Waals surface area contributed by atoms with Crippen molar-refractivity contribution in [3.63, 3.8) is 0 Å². The fourth-order valence-electron chi connectivity index (χ4n) is 2.25. The molecule has 2 aromatic carbocycles. The Morgan fingerprint density at radius 1 is 1.12 bits per heavy atom. The number of thioether (sulfide) groups is 1. The van der Waals surface area contributed by atoms with Crippen LogP contribution in [0.5, 0.6) is 11.5 Å². The van der Waals surface area contributed by atoms with E-state index in [2.05, 4.69) is 15.5 Å². The van der Waals surface area contributed by atoms with Gasteiger partial charge in [0, 0.05) is 12.2 Å². The molecule has 134 valence electrons. The van der Waals surface area contributed by atoms with Crippen LogP contribution >= 0.6 is 11.8 Å². The van der Waals surface area contributed by atoms with Gasteiger partial charge in [0.15, 0.2) is 5.16 Å². The highest BCUT2D eigenvalue weighted by molar-refractivity contribution is 7.99. The number of amides is 1. The van der Waals surface area contributed by atoms with E-state index < -0.39 is 0 Å². The van der Waals surface area contributed by atoms with Gasteiger partial charge in [-0.1, -0.05) is 29.5 Å². The lowest BCUT2D eigenvalue weighted by molar-refractivity contribution is -0.113. The van der Waals surface area contributed by atoms with Crippen molar-refractivity contribution in [1.82, 2.24) is 14.8 Å². The highest BCUT2D eigenvalue weighted by Crippen LogP contribution is 2.23. The molecule has 0 atom stereocenters. The van der Waals surface area contributed by atoms with E-state index in [1.165, 1.54) is 17.3 Å². The number of ether oxygens (including phenoxy) is 1. The smallest absolute Gasteiger partial charge is 0.234 e. The fourth-order valence-corrected chi connectivity index (χ4v) is 3.03. The summed E-state index contributed by atoms with van der Waals surface area (Å²) in [5.74, 6) is 1.69. The van der Waals surface area contributed by atoms with Crippen LogP contribution in [0.3, 0.4) is 0 Å². The first kappa shape index (κ1) is 18.0. The molecule has 0 spiro atoms. The van der Waals surface area contributed by atoms with Crippen molar-refractivity contribution in [3.05, 3.63) is 60.4 Å². The molecule has 0 radical (unpaired) electrons. The van der Waals surface area contributed by atoms with Gasteiger partial charge in [-0.2, -0.15) is 0 Å². The summed E-state index contributed by atoms with van der Waals surface area (Å²) in [7, 11) is 0. The van der Waals surface area contributed by atoms with Gasteiger partial charge in [-0.05, 0) is 50.2 Å². The average Bonchev–Trinajstić information content (AvgIpc) is 3.11. The van der Waals surface area contributed by atoms with Gasteiger partial charge in [0.2, 0.25) is 5.91 Å². The van der Waals surface area contributed by atoms with Crippen molar-refractivity contribution in [2.24, 2.45) is 0 Å². The Labute approximate surface area is 156 Å². The molecule has 0 saturated carbocycles. The summed E-state index contributed by atoms with van der Waals surface area (Å²) in [4.78, 5) is 12.1. The molecule has 0 aliphatic carbocycles. The van der Waals surface area contributed by atoms with Crippen molar-refractivity contribution >= 4 is 23.4 Å². The van der Waals surface area contributed by atoms with Crippen LogP contribution in [-0.4, -0.2) is 26.4 Å². The number of nitrogens with zero attached hydrogens (tertiary/aromatic N) is 3. The van der Waals surface area contributed by atoms with Gasteiger partial charge in [-0.3, -0.25) is 4.79 Å². The van der Waals surface area contributed by atoms with E-state index >= 15 is 0 Å². The second-order valence-electron chi connectivity index (χ2n) is 5.68. The number of hydrogen-bond donors (Lipinski definition) is 1. The molecule has 1 N–H and O–H groups in total. The van der Waals surface area contributed by atoms with Crippen LogP contribution in [-0.2, 0) is 11.3 Å². The second-order valence-corrected chi connectivity index (χ2v) is 6.62. The third-order valence-electron chi connectivity index (χ3n) is 3.65. The number of carbonyl (C=O) groups excluding carboxylic acids is 1. The van der Waals surface area contributed by atoms with Gasteiger partial charge in [0.25, 0.3) is 0 Å². The summed E-state index contributed by atoms with van der Waals surface area (Å²) >= 11 is 1.36. The Hall–Kier alpha value is -2.80. The summed E-state index contributed by atoms with van der Waals surface area (Å²) in [5.41, 5.74) is 1.91. The number of anilines is 1. The van der Waals surface area contributed by atoms with E-state index in [4.69, 9.17) is 4.74 Å². The molecular weight excluding hydrogens is 348 g/mol. The van der Waals surface area contributed by atoms with Crippen LogP contribution in [0, 0.1) is 6.92 Å². The lowest BCUT2D eigenvalue weighted by atomic mass is 10.2. The zero-order valence-electron chi connectivity index (χ0n) is 14.7. The van der Waals surface area contributed by atoms with E-state index in [-0.39, 0.29) is 11.7 Å². The van der Waals surface area contributed by atoms with Crippen LogP contribution in [0.1, 0.15) is 12.5 Å². The molecule has 7 heteroatoms. The van der Waals surface area contributed by atoms with Crippen LogP contribution in [0.2, 0.25) is 0 Å². The molecule has 0 bridgehead atoms. The third-order valence-corrected chi connectivity index (χ3v) is 4.63. The molecule has 3 rings (SSSR count). The normalized spacial score (nSPS) is 10.5. The van der Waals surface area contributed by atoms with E-state index in [1.807, 2.05) is 66.9 Å². The molecular formula is C19H20N4O2S. The molecule has 0 aliphatic heterocycles. The third kappa shape index (κ3) is 4.86. The minimum Gasteiger partial charge on any atom is -0.457 e. The lowest BCUT2D eigenvalue weighted by Crippen LogP contribution is -2.14. The maximum absolute atomic E-state index is 12.1. The number of hydrogen-bond acceptors (Lipinski definition) is 5. The molecule has 0 unspecified atom stereocenters. The quantitative estimate of drug-likeness (QED) is 0.635. The number of carbonyl (C=O) groups is 1. The van der Waals surface area contributed by atoms with Gasteiger partial charge in [-0.15, -0.1) is 10.2 Å². The van der Waals surface area contributed by atoms with Gasteiger partial charge in [-0.25, -0.2) is 0 Å². The number of aryl methyl sites for hydroxylation is 2. The lowest BCUT2D eigenvalue weighted by Gasteiger charge is -2.08. The Morgan fingerprint density at radius 3 is 2.42 bits per heavy atom. The second kappa shape index (κ2) is 8.53. The average molecular weight is 368 g/mol. The highest BCUT2D eigenvalue weighted by atomic mass is 32.2. The van der Waals surface area contributed by atoms with Crippen molar-refractivity contribution in [2.75, 3.05) is 11.1 Å². The van der Waals surface area contributed by atoms with Crippen molar-refractivity contribution < 1.29 is 9.53 Å². The molecule has 1 aromatic heterocycles. The fraction of sp³-hybridized carbons (Fsp3) is 0.211. The first-order valence-electron chi connectivity index (χ1n) is 8.29. The SMILES string of the molecule is CCn1cnnc1SCC(=O)Nc1ccc(Oc2ccc(C)cc2)cc1. The largest absolute Gasteiger partial charge is 0.457 e. The van der Waals surface area contributed by atoms with Crippen LogP contribution in [0.4, 0.5) is 5.69 Å². The first-order valence-corrected chi connectivity index (χ1v) is 9.27. The number of nitrogens with one attached hydrogen (secondary N) is 1. The van der Waals surface area contributed by atoms with E-state index in [9.17, 15) is 4.79 Å². The Bertz CT molecular complexity index is 860. The number of aromatic nitrogens is 3. The predicted molar refractivity (Wildman–Crippen MR) is 103 cm³/mol. The zero-order chi connectivity index (χ0) is 18.4. The van der Waals surface area contributed by atoms with Gasteiger partial charge >= 0.3 is 0 Å². The van der Waals surface area contributed by atoms with Crippen molar-refractivity contribution in [3.8, 4) is 11.5 Å². The Kier molecular flexibility index (Phi) is 5.91. The Balaban J connectivity index is 1.52. The highest BCUT2D eigenvalue weighted by Gasteiger charge is 2.08. The minimum atomic E-state index is -0.0899. The van der Waals surface area contributed by atoms with Gasteiger partial charge in [0.1, 0.15) is 17.8 Å². The zero-order valence-corrected chi connectivity index (χ0v) is 15.5. The van der Waals surface area contributed by atoms with Crippen LogP contribution in [0.25, 0.3) is 0 Å². The number of benzene rings is 2. The number of rotatable bonds is 7. The van der Waals surface area contributed by atoms with Crippen LogP contribution < -0.4 is 10.1 Å². The predicted octanol–water partition coefficient (Wildman–Crippen LogP) is 4.13. The van der Waals surface area contributed by atoms with Crippen molar-refractivity contribution in [1.29, 1.82) is 0 Å². The monoisotopic (exact) mass is 368 g/mol. The summed E-state index contributed by atoms with van der Waals surface area (Å²) in [6, 6.07) is 15.2. The molecule has 1 heterocycles. The molecule has 26 heavy (non-hydrogen) atoms. The topological polar surface area (TPSA) is 69.0 Å². The first-order chi connectivity index (χ1) is 12.6. The Morgan fingerprint density at radius 2 is 1.77 bits per heavy atom. The summed E-state index contributed by atoms with van der Waals surface area (Å²) in [6.45, 7) is 4.82. The standard InChI is InChI=1S/C19H20N4O2S/c1-3-23-13-20-22-19(23)26-12-18(24)21-15-6-10-17(11-7-15)25-16-8-4-14(2)5-9-16/h4-11,13H,3,12H2,1-2H3,(H,21,24). The molecule has 6 nitrogen and oxygen atoms in total. The molecule has 3 aromatic rings. The minimum absolute atomic E-state index is 0.0899. The molecule has 1 amide bonds. The van der Waals surface area contributed by atoms with Crippen LogP contribution in [0.15, 0.2) is 60.0 Å². The van der Waals surface area contributed by atoms with Gasteiger partial charge < -0.3 is 14.6 Å². The summed E-state index contributed by atoms with van der Waals surface area (Å²) in [6.07, 6.45) is 1.66. The van der Waals surface area contributed by atoms with Crippen molar-refractivity contribution in [2.45, 2.75) is 25.5 Å². The van der Waals surface area contributed by atoms with E-state index in [1.54, 1.807) is 6.33 Å². The molecule has 0 aliphatic rings. The molecule has 0 saturated heterocycles. The molecule has 0 fully saturated rings. The summed E-state index contributed by atoms with van der Waals surface area (Å²) in [5, 5.41) is 11.5. The van der Waals surface area contributed by atoms with E-state index in [0.29, 0.717) is 0 Å².